The van der Waals surface area contributed by atoms with E-state index in [2.05, 4.69) is 39.4 Å². The lowest BCUT2D eigenvalue weighted by Gasteiger charge is -2.26. The number of carbonyl (C=O) groups excluding carboxylic acids is 1. The first-order valence-corrected chi connectivity index (χ1v) is 10.1. The second kappa shape index (κ2) is 10.8. The van der Waals surface area contributed by atoms with Crippen molar-refractivity contribution < 1.29 is 9.18 Å². The van der Waals surface area contributed by atoms with Gasteiger partial charge in [-0.3, -0.25) is 4.79 Å². The molecule has 4 N–H and O–H groups in total. The van der Waals surface area contributed by atoms with Crippen LogP contribution in [0.5, 0.6) is 0 Å². The highest BCUT2D eigenvalue weighted by Gasteiger charge is 2.22. The fourth-order valence-electron chi connectivity index (χ4n) is 2.68. The van der Waals surface area contributed by atoms with Gasteiger partial charge in [-0.1, -0.05) is 40.0 Å². The minimum absolute atomic E-state index is 0.0381. The summed E-state index contributed by atoms with van der Waals surface area (Å²) < 4.78 is 14.8. The molecule has 0 fully saturated rings. The summed E-state index contributed by atoms with van der Waals surface area (Å²) in [5, 5.41) is 12.1. The number of pyridine rings is 1. The standard InChI is InChI=1S/C23H36FN5O/c1-10-17(11-2)28-21-18(16(5)25-9)12-19(24)22(29-21)27-15(4)14(3)26-20(30)13-23(6,7)8/h10-12,14-15,25H,1,5,13H2,2-4,6-9H3,(H,26,30)(H2,27,28,29)/b17-11+. The number of hydrogen-bond acceptors (Lipinski definition) is 5. The summed E-state index contributed by atoms with van der Waals surface area (Å²) >= 11 is 0. The van der Waals surface area contributed by atoms with Gasteiger partial charge in [0.2, 0.25) is 5.91 Å². The first-order valence-electron chi connectivity index (χ1n) is 10.1. The topological polar surface area (TPSA) is 78.1 Å². The normalized spacial score (nSPS) is 13.8. The zero-order valence-electron chi connectivity index (χ0n) is 19.2. The molecule has 0 bridgehead atoms. The summed E-state index contributed by atoms with van der Waals surface area (Å²) in [5.41, 5.74) is 1.68. The Hall–Kier alpha value is -2.83. The SMILES string of the molecule is C=C/C(=C\C)Nc1nc(NC(C)C(C)NC(=O)CC(C)(C)C)c(F)cc1C(=C)NC. The molecular formula is C23H36FN5O. The van der Waals surface area contributed by atoms with Crippen molar-refractivity contribution in [3.05, 3.63) is 48.5 Å². The number of anilines is 2. The molecule has 1 aromatic rings. The maximum atomic E-state index is 14.8. The number of carbonyl (C=O) groups is 1. The molecule has 0 saturated heterocycles. The molecular weight excluding hydrogens is 381 g/mol. The third-order valence-electron chi connectivity index (χ3n) is 4.59. The molecule has 0 radical (unpaired) electrons. The summed E-state index contributed by atoms with van der Waals surface area (Å²) in [6.07, 6.45) is 3.91. The maximum Gasteiger partial charge on any atom is 0.220 e. The Morgan fingerprint density at radius 2 is 1.90 bits per heavy atom. The van der Waals surface area contributed by atoms with Gasteiger partial charge in [0.1, 0.15) is 5.82 Å². The minimum Gasteiger partial charge on any atom is -0.388 e. The van der Waals surface area contributed by atoms with E-state index < -0.39 is 5.82 Å². The molecule has 1 aromatic heterocycles. The van der Waals surface area contributed by atoms with Crippen LogP contribution in [0.25, 0.3) is 5.70 Å². The number of hydrogen-bond donors (Lipinski definition) is 4. The maximum absolute atomic E-state index is 14.8. The third-order valence-corrected chi connectivity index (χ3v) is 4.59. The van der Waals surface area contributed by atoms with E-state index >= 15 is 0 Å². The zero-order chi connectivity index (χ0) is 23.1. The van der Waals surface area contributed by atoms with Crippen LogP contribution in [0, 0.1) is 11.2 Å². The highest BCUT2D eigenvalue weighted by molar-refractivity contribution is 5.77. The van der Waals surface area contributed by atoms with E-state index in [0.717, 1.165) is 5.70 Å². The Balaban J connectivity index is 3.09. The van der Waals surface area contributed by atoms with E-state index in [1.807, 2.05) is 47.6 Å². The molecule has 7 heteroatoms. The van der Waals surface area contributed by atoms with E-state index in [0.29, 0.717) is 23.5 Å². The molecule has 1 rings (SSSR count). The smallest absolute Gasteiger partial charge is 0.220 e. The fraction of sp³-hybridized carbons (Fsp3) is 0.478. The summed E-state index contributed by atoms with van der Waals surface area (Å²) in [7, 11) is 1.71. The average Bonchev–Trinajstić information content (AvgIpc) is 2.65. The molecule has 1 heterocycles. The van der Waals surface area contributed by atoms with Gasteiger partial charge in [-0.05, 0) is 38.3 Å². The summed E-state index contributed by atoms with van der Waals surface area (Å²) in [5.74, 6) is -0.00609. The average molecular weight is 418 g/mol. The Morgan fingerprint density at radius 1 is 1.27 bits per heavy atom. The van der Waals surface area contributed by atoms with Crippen molar-refractivity contribution in [3.63, 3.8) is 0 Å². The van der Waals surface area contributed by atoms with Crippen LogP contribution in [-0.2, 0) is 4.79 Å². The fourth-order valence-corrected chi connectivity index (χ4v) is 2.68. The van der Waals surface area contributed by atoms with Crippen LogP contribution in [0.2, 0.25) is 0 Å². The number of aromatic nitrogens is 1. The molecule has 30 heavy (non-hydrogen) atoms. The lowest BCUT2D eigenvalue weighted by molar-refractivity contribution is -0.123. The van der Waals surface area contributed by atoms with Gasteiger partial charge in [-0.15, -0.1) is 0 Å². The molecule has 0 aliphatic heterocycles. The van der Waals surface area contributed by atoms with Crippen molar-refractivity contribution in [3.8, 4) is 0 Å². The van der Waals surface area contributed by atoms with Crippen molar-refractivity contribution in [1.29, 1.82) is 0 Å². The van der Waals surface area contributed by atoms with Crippen LogP contribution in [0.1, 0.15) is 53.5 Å². The van der Waals surface area contributed by atoms with Gasteiger partial charge in [0.15, 0.2) is 11.6 Å². The predicted molar refractivity (Wildman–Crippen MR) is 125 cm³/mol. The first-order chi connectivity index (χ1) is 13.9. The third kappa shape index (κ3) is 7.54. The van der Waals surface area contributed by atoms with E-state index in [1.54, 1.807) is 13.1 Å². The Kier molecular flexibility index (Phi) is 9.08. The molecule has 0 aliphatic carbocycles. The number of rotatable bonds is 10. The second-order valence-electron chi connectivity index (χ2n) is 8.54. The molecule has 2 atom stereocenters. The Labute approximate surface area is 180 Å². The van der Waals surface area contributed by atoms with Crippen LogP contribution >= 0.6 is 0 Å². The molecule has 1 amide bonds. The number of nitrogens with one attached hydrogen (secondary N) is 4. The van der Waals surface area contributed by atoms with Gasteiger partial charge in [0, 0.05) is 42.5 Å². The van der Waals surface area contributed by atoms with Crippen molar-refractivity contribution in [1.82, 2.24) is 15.6 Å². The zero-order valence-corrected chi connectivity index (χ0v) is 19.2. The molecule has 0 aromatic carbocycles. The largest absolute Gasteiger partial charge is 0.388 e. The van der Waals surface area contributed by atoms with Crippen molar-refractivity contribution in [2.75, 3.05) is 17.7 Å². The van der Waals surface area contributed by atoms with E-state index in [9.17, 15) is 9.18 Å². The molecule has 0 aliphatic rings. The highest BCUT2D eigenvalue weighted by Crippen LogP contribution is 2.26. The van der Waals surface area contributed by atoms with Crippen LogP contribution in [0.4, 0.5) is 16.0 Å². The number of allylic oxidation sites excluding steroid dienone is 2. The van der Waals surface area contributed by atoms with Crippen molar-refractivity contribution >= 4 is 23.2 Å². The van der Waals surface area contributed by atoms with Crippen LogP contribution in [0.15, 0.2) is 37.1 Å². The van der Waals surface area contributed by atoms with Gasteiger partial charge in [-0.2, -0.15) is 0 Å². The number of nitrogens with zero attached hydrogens (tertiary/aromatic N) is 1. The summed E-state index contributed by atoms with van der Waals surface area (Å²) in [6.45, 7) is 19.3. The quantitative estimate of drug-likeness (QED) is 0.417. The molecule has 2 unspecified atom stereocenters. The van der Waals surface area contributed by atoms with Gasteiger partial charge in [0.05, 0.1) is 0 Å². The van der Waals surface area contributed by atoms with Gasteiger partial charge < -0.3 is 21.3 Å². The lowest BCUT2D eigenvalue weighted by atomic mass is 9.92. The summed E-state index contributed by atoms with van der Waals surface area (Å²) in [6, 6.07) is 0.911. The van der Waals surface area contributed by atoms with Crippen LogP contribution in [-0.4, -0.2) is 30.0 Å². The molecule has 0 saturated carbocycles. The Morgan fingerprint density at radius 3 is 2.40 bits per heavy atom. The van der Waals surface area contributed by atoms with Gasteiger partial charge in [0.25, 0.3) is 0 Å². The molecule has 166 valence electrons. The molecule has 6 nitrogen and oxygen atoms in total. The summed E-state index contributed by atoms with van der Waals surface area (Å²) in [4.78, 5) is 16.7. The first kappa shape index (κ1) is 25.2. The lowest BCUT2D eigenvalue weighted by Crippen LogP contribution is -2.44. The van der Waals surface area contributed by atoms with Crippen LogP contribution < -0.4 is 21.3 Å². The monoisotopic (exact) mass is 417 g/mol. The Bertz CT molecular complexity index is 811. The van der Waals surface area contributed by atoms with Crippen molar-refractivity contribution in [2.45, 2.75) is 60.0 Å². The highest BCUT2D eigenvalue weighted by atomic mass is 19.1. The second-order valence-corrected chi connectivity index (χ2v) is 8.54. The predicted octanol–water partition coefficient (Wildman–Crippen LogP) is 4.65. The van der Waals surface area contributed by atoms with Gasteiger partial charge in [-0.25, -0.2) is 9.37 Å². The van der Waals surface area contributed by atoms with E-state index in [4.69, 9.17) is 0 Å². The number of halogens is 1. The van der Waals surface area contributed by atoms with E-state index in [-0.39, 0.29) is 29.2 Å². The molecule has 0 spiro atoms. The van der Waals surface area contributed by atoms with Crippen LogP contribution in [0.3, 0.4) is 0 Å². The van der Waals surface area contributed by atoms with E-state index in [1.165, 1.54) is 6.07 Å². The van der Waals surface area contributed by atoms with Gasteiger partial charge >= 0.3 is 0 Å². The van der Waals surface area contributed by atoms with Crippen molar-refractivity contribution in [2.24, 2.45) is 5.41 Å². The number of amides is 1. The minimum atomic E-state index is -0.507.